The maximum Gasteiger partial charge on any atom is 0.227 e. The van der Waals surface area contributed by atoms with E-state index in [1.54, 1.807) is 0 Å². The first-order valence-electron chi connectivity index (χ1n) is 8.55. The Kier molecular flexibility index (Phi) is 5.10. The second kappa shape index (κ2) is 7.44. The van der Waals surface area contributed by atoms with E-state index in [0.717, 1.165) is 6.42 Å². The number of allylic oxidation sites excluding steroid dienone is 2. The molecule has 2 nitrogen and oxygen atoms in total. The van der Waals surface area contributed by atoms with E-state index in [1.807, 2.05) is 35.4 Å². The lowest BCUT2D eigenvalue weighted by molar-refractivity contribution is -0.130. The van der Waals surface area contributed by atoms with Gasteiger partial charge in [0.05, 0.1) is 6.04 Å². The maximum atomic E-state index is 12.7. The van der Waals surface area contributed by atoms with Crippen LogP contribution in [0.1, 0.15) is 44.1 Å². The van der Waals surface area contributed by atoms with Crippen LogP contribution in [0.4, 0.5) is 0 Å². The molecule has 0 bridgehead atoms. The van der Waals surface area contributed by atoms with Gasteiger partial charge in [0.1, 0.15) is 0 Å². The fourth-order valence-electron chi connectivity index (χ4n) is 3.65. The summed E-state index contributed by atoms with van der Waals surface area (Å²) in [6.45, 7) is 0. The van der Waals surface area contributed by atoms with Crippen molar-refractivity contribution in [2.45, 2.75) is 51.0 Å². The molecule has 1 heterocycles. The van der Waals surface area contributed by atoms with Gasteiger partial charge in [-0.05, 0) is 36.8 Å². The SMILES string of the molecule is O=C(CCc1ccccc1)N1C=CC=CC1C1CCCCC1. The monoisotopic (exact) mass is 295 g/mol. The average molecular weight is 295 g/mol. The van der Waals surface area contributed by atoms with Crippen LogP contribution in [0.25, 0.3) is 0 Å². The summed E-state index contributed by atoms with van der Waals surface area (Å²) >= 11 is 0. The molecular weight excluding hydrogens is 270 g/mol. The average Bonchev–Trinajstić information content (AvgIpc) is 2.61. The Balaban J connectivity index is 1.61. The number of nitrogens with zero attached hydrogens (tertiary/aromatic N) is 1. The van der Waals surface area contributed by atoms with Crippen molar-refractivity contribution in [3.8, 4) is 0 Å². The van der Waals surface area contributed by atoms with Crippen LogP contribution < -0.4 is 0 Å². The largest absolute Gasteiger partial charge is 0.312 e. The normalized spacial score (nSPS) is 22.0. The van der Waals surface area contributed by atoms with Crippen molar-refractivity contribution in [2.75, 3.05) is 0 Å². The molecule has 1 atom stereocenters. The van der Waals surface area contributed by atoms with Crippen LogP contribution in [0.5, 0.6) is 0 Å². The van der Waals surface area contributed by atoms with Gasteiger partial charge in [0.25, 0.3) is 0 Å². The third kappa shape index (κ3) is 3.68. The zero-order valence-corrected chi connectivity index (χ0v) is 13.2. The second-order valence-electron chi connectivity index (χ2n) is 6.40. The van der Waals surface area contributed by atoms with Crippen molar-refractivity contribution in [3.05, 3.63) is 60.3 Å². The molecule has 1 saturated carbocycles. The molecular formula is C20H25NO. The van der Waals surface area contributed by atoms with Crippen LogP contribution in [0.3, 0.4) is 0 Å². The van der Waals surface area contributed by atoms with E-state index in [-0.39, 0.29) is 11.9 Å². The van der Waals surface area contributed by atoms with E-state index in [2.05, 4.69) is 24.3 Å². The summed E-state index contributed by atoms with van der Waals surface area (Å²) in [5.41, 5.74) is 1.24. The predicted octanol–water partition coefficient (Wildman–Crippen LogP) is 4.48. The van der Waals surface area contributed by atoms with Crippen molar-refractivity contribution >= 4 is 5.91 Å². The molecule has 0 spiro atoms. The summed E-state index contributed by atoms with van der Waals surface area (Å²) in [7, 11) is 0. The second-order valence-corrected chi connectivity index (χ2v) is 6.40. The Bertz CT molecular complexity index is 540. The van der Waals surface area contributed by atoms with Crippen LogP contribution in [-0.4, -0.2) is 16.8 Å². The van der Waals surface area contributed by atoms with Crippen LogP contribution >= 0.6 is 0 Å². The highest BCUT2D eigenvalue weighted by molar-refractivity contribution is 5.78. The molecule has 1 aliphatic heterocycles. The number of carbonyl (C=O) groups excluding carboxylic acids is 1. The highest BCUT2D eigenvalue weighted by Crippen LogP contribution is 2.31. The van der Waals surface area contributed by atoms with E-state index >= 15 is 0 Å². The Morgan fingerprint density at radius 3 is 2.59 bits per heavy atom. The molecule has 1 fully saturated rings. The number of amides is 1. The number of hydrogen-bond acceptors (Lipinski definition) is 1. The third-order valence-electron chi connectivity index (χ3n) is 4.88. The van der Waals surface area contributed by atoms with Gasteiger partial charge in [-0.1, -0.05) is 61.7 Å². The molecule has 0 N–H and O–H groups in total. The minimum Gasteiger partial charge on any atom is -0.312 e. The molecule has 1 aromatic rings. The van der Waals surface area contributed by atoms with Gasteiger partial charge in [-0.15, -0.1) is 0 Å². The Morgan fingerprint density at radius 2 is 1.82 bits per heavy atom. The number of rotatable bonds is 4. The van der Waals surface area contributed by atoms with E-state index in [0.29, 0.717) is 12.3 Å². The molecule has 22 heavy (non-hydrogen) atoms. The topological polar surface area (TPSA) is 20.3 Å². The van der Waals surface area contributed by atoms with Crippen LogP contribution in [0, 0.1) is 5.92 Å². The van der Waals surface area contributed by atoms with Gasteiger partial charge < -0.3 is 4.90 Å². The highest BCUT2D eigenvalue weighted by atomic mass is 16.2. The zero-order valence-electron chi connectivity index (χ0n) is 13.2. The van der Waals surface area contributed by atoms with Crippen molar-refractivity contribution in [3.63, 3.8) is 0 Å². The Morgan fingerprint density at radius 1 is 1.05 bits per heavy atom. The molecule has 1 aliphatic carbocycles. The Labute approximate surface area is 133 Å². The summed E-state index contributed by atoms with van der Waals surface area (Å²) in [4.78, 5) is 14.7. The number of benzene rings is 1. The number of hydrogen-bond donors (Lipinski definition) is 0. The van der Waals surface area contributed by atoms with Crippen molar-refractivity contribution < 1.29 is 4.79 Å². The van der Waals surface area contributed by atoms with Crippen molar-refractivity contribution in [1.82, 2.24) is 4.90 Å². The van der Waals surface area contributed by atoms with Gasteiger partial charge in [-0.2, -0.15) is 0 Å². The predicted molar refractivity (Wildman–Crippen MR) is 90.3 cm³/mol. The van der Waals surface area contributed by atoms with Crippen LogP contribution in [0.2, 0.25) is 0 Å². The van der Waals surface area contributed by atoms with Crippen molar-refractivity contribution in [1.29, 1.82) is 0 Å². The molecule has 0 radical (unpaired) electrons. The summed E-state index contributed by atoms with van der Waals surface area (Å²) < 4.78 is 0. The minimum atomic E-state index is 0.250. The maximum absolute atomic E-state index is 12.7. The van der Waals surface area contributed by atoms with Gasteiger partial charge in [0.2, 0.25) is 5.91 Å². The molecule has 116 valence electrons. The lowest BCUT2D eigenvalue weighted by Crippen LogP contribution is -2.41. The molecule has 1 amide bonds. The van der Waals surface area contributed by atoms with Gasteiger partial charge in [0.15, 0.2) is 0 Å². The third-order valence-corrected chi connectivity index (χ3v) is 4.88. The van der Waals surface area contributed by atoms with Crippen molar-refractivity contribution in [2.24, 2.45) is 5.92 Å². The number of aryl methyl sites for hydroxylation is 1. The van der Waals surface area contributed by atoms with Crippen LogP contribution in [0.15, 0.2) is 54.8 Å². The first kappa shape index (κ1) is 15.1. The molecule has 1 aromatic carbocycles. The Hall–Kier alpha value is -1.83. The standard InChI is InChI=1S/C20H25NO/c22-20(15-14-17-9-3-1-4-10-17)21-16-8-7-13-19(21)18-11-5-2-6-12-18/h1,3-4,7-10,13,16,18-19H,2,5-6,11-12,14-15H2. The first-order valence-corrected chi connectivity index (χ1v) is 8.55. The minimum absolute atomic E-state index is 0.250. The lowest BCUT2D eigenvalue weighted by Gasteiger charge is -2.36. The van der Waals surface area contributed by atoms with Crippen LogP contribution in [-0.2, 0) is 11.2 Å². The summed E-state index contributed by atoms with van der Waals surface area (Å²) in [6, 6.07) is 10.6. The number of carbonyl (C=O) groups is 1. The summed E-state index contributed by atoms with van der Waals surface area (Å²) in [5.74, 6) is 0.885. The first-order chi connectivity index (χ1) is 10.8. The molecule has 2 heteroatoms. The molecule has 1 unspecified atom stereocenters. The quantitative estimate of drug-likeness (QED) is 0.802. The molecule has 2 aliphatic rings. The van der Waals surface area contributed by atoms with E-state index in [1.165, 1.54) is 37.7 Å². The van der Waals surface area contributed by atoms with Gasteiger partial charge in [0, 0.05) is 12.6 Å². The molecule has 3 rings (SSSR count). The molecule has 0 saturated heterocycles. The summed E-state index contributed by atoms with van der Waals surface area (Å²) in [5, 5.41) is 0. The smallest absolute Gasteiger partial charge is 0.227 e. The van der Waals surface area contributed by atoms with E-state index in [4.69, 9.17) is 0 Å². The summed E-state index contributed by atoms with van der Waals surface area (Å²) in [6.07, 6.45) is 16.2. The van der Waals surface area contributed by atoms with Gasteiger partial charge in [-0.25, -0.2) is 0 Å². The lowest BCUT2D eigenvalue weighted by atomic mass is 9.82. The molecule has 0 aromatic heterocycles. The zero-order chi connectivity index (χ0) is 15.2. The van der Waals surface area contributed by atoms with E-state index in [9.17, 15) is 4.79 Å². The van der Waals surface area contributed by atoms with Gasteiger partial charge in [-0.3, -0.25) is 4.79 Å². The van der Waals surface area contributed by atoms with Gasteiger partial charge >= 0.3 is 0 Å². The fraction of sp³-hybridized carbons (Fsp3) is 0.450. The highest BCUT2D eigenvalue weighted by Gasteiger charge is 2.29. The van der Waals surface area contributed by atoms with E-state index < -0.39 is 0 Å². The fourth-order valence-corrected chi connectivity index (χ4v) is 3.65.